The van der Waals surface area contributed by atoms with E-state index in [0.29, 0.717) is 32.5 Å². The summed E-state index contributed by atoms with van der Waals surface area (Å²) < 4.78 is 0. The summed E-state index contributed by atoms with van der Waals surface area (Å²) in [7, 11) is 0. The summed E-state index contributed by atoms with van der Waals surface area (Å²) in [5.41, 5.74) is 2.87. The molecule has 2 aliphatic carbocycles. The third-order valence-corrected chi connectivity index (χ3v) is 6.44. The molecule has 0 aromatic heterocycles. The number of hydrogen-bond donors (Lipinski definition) is 0. The van der Waals surface area contributed by atoms with E-state index in [2.05, 4.69) is 69.2 Å². The van der Waals surface area contributed by atoms with Crippen molar-refractivity contribution in [3.8, 4) is 0 Å². The molecular formula is C16H30. The first-order valence-electron chi connectivity index (χ1n) is 6.75. The fourth-order valence-electron chi connectivity index (χ4n) is 8.12. The Kier molecular flexibility index (Phi) is 1.77. The highest BCUT2D eigenvalue weighted by atomic mass is 15.1. The molecule has 2 aliphatic rings. The first-order chi connectivity index (χ1) is 6.75. The van der Waals surface area contributed by atoms with Crippen LogP contribution < -0.4 is 0 Å². The summed E-state index contributed by atoms with van der Waals surface area (Å²) in [5.74, 6) is 0. The predicted molar refractivity (Wildman–Crippen MR) is 71.3 cm³/mol. The van der Waals surface area contributed by atoms with Gasteiger partial charge in [-0.2, -0.15) is 0 Å². The molecule has 0 amide bonds. The summed E-state index contributed by atoms with van der Waals surface area (Å²) in [5, 5.41) is 0. The quantitative estimate of drug-likeness (QED) is 0.533. The van der Waals surface area contributed by atoms with Gasteiger partial charge in [0, 0.05) is 0 Å². The Morgan fingerprint density at radius 3 is 0.750 bits per heavy atom. The Hall–Kier alpha value is 0. The molecule has 0 heteroatoms. The molecule has 0 N–H and O–H groups in total. The maximum atomic E-state index is 2.49. The Morgan fingerprint density at radius 2 is 0.688 bits per heavy atom. The minimum atomic E-state index is 0.410. The van der Waals surface area contributed by atoms with Crippen molar-refractivity contribution in [1.82, 2.24) is 0 Å². The smallest absolute Gasteiger partial charge is 0.00626 e. The molecule has 0 atom stereocenters. The van der Waals surface area contributed by atoms with Crippen LogP contribution in [0.25, 0.3) is 0 Å². The summed E-state index contributed by atoms with van der Waals surface area (Å²) in [6, 6.07) is 0. The predicted octanol–water partition coefficient (Wildman–Crippen LogP) is 5.13. The zero-order valence-corrected chi connectivity index (χ0v) is 13.0. The lowest BCUT2D eigenvalue weighted by Gasteiger charge is -2.43. The van der Waals surface area contributed by atoms with E-state index in [9.17, 15) is 0 Å². The molecule has 2 saturated carbocycles. The van der Waals surface area contributed by atoms with Crippen molar-refractivity contribution in [2.75, 3.05) is 0 Å². The van der Waals surface area contributed by atoms with Crippen LogP contribution in [0.15, 0.2) is 0 Å². The zero-order valence-electron chi connectivity index (χ0n) is 13.0. The van der Waals surface area contributed by atoms with Crippen molar-refractivity contribution < 1.29 is 0 Å². The van der Waals surface area contributed by atoms with Crippen LogP contribution in [0.5, 0.6) is 0 Å². The molecule has 0 heterocycles. The Morgan fingerprint density at radius 1 is 0.500 bits per heavy atom. The van der Waals surface area contributed by atoms with E-state index in [0.717, 1.165) is 0 Å². The third kappa shape index (κ3) is 0.680. The molecule has 2 fully saturated rings. The number of fused-ring (bicyclic) bond motifs is 1. The minimum absolute atomic E-state index is 0.410. The van der Waals surface area contributed by atoms with E-state index < -0.39 is 0 Å². The van der Waals surface area contributed by atoms with Crippen molar-refractivity contribution in [2.24, 2.45) is 32.5 Å². The molecule has 16 heavy (non-hydrogen) atoms. The monoisotopic (exact) mass is 222 g/mol. The van der Waals surface area contributed by atoms with Gasteiger partial charge in [-0.25, -0.2) is 0 Å². The van der Waals surface area contributed by atoms with Gasteiger partial charge in [0.15, 0.2) is 0 Å². The van der Waals surface area contributed by atoms with Gasteiger partial charge in [-0.1, -0.05) is 69.2 Å². The van der Waals surface area contributed by atoms with Crippen LogP contribution in [0.2, 0.25) is 0 Å². The van der Waals surface area contributed by atoms with Crippen LogP contribution in [0, 0.1) is 32.5 Å². The molecular weight excluding hydrogens is 192 g/mol. The third-order valence-electron chi connectivity index (χ3n) is 6.44. The summed E-state index contributed by atoms with van der Waals surface area (Å²) in [4.78, 5) is 0. The molecule has 0 aromatic rings. The second kappa shape index (κ2) is 2.27. The molecule has 2 rings (SSSR count). The van der Waals surface area contributed by atoms with E-state index in [1.165, 1.54) is 0 Å². The molecule has 0 spiro atoms. The van der Waals surface area contributed by atoms with Gasteiger partial charge in [0.25, 0.3) is 0 Å². The van der Waals surface area contributed by atoms with Crippen molar-refractivity contribution in [1.29, 1.82) is 0 Å². The van der Waals surface area contributed by atoms with Crippen LogP contribution in [-0.2, 0) is 0 Å². The maximum Gasteiger partial charge on any atom is -0.00626 e. The first kappa shape index (κ1) is 12.5. The Bertz CT molecular complexity index is 293. The highest BCUT2D eigenvalue weighted by Gasteiger charge is 3.09. The molecule has 0 unspecified atom stereocenters. The van der Waals surface area contributed by atoms with Gasteiger partial charge in [-0.15, -0.1) is 0 Å². The van der Waals surface area contributed by atoms with E-state index in [4.69, 9.17) is 0 Å². The summed E-state index contributed by atoms with van der Waals surface area (Å²) >= 11 is 0. The first-order valence-corrected chi connectivity index (χ1v) is 6.75. The molecule has 0 aromatic carbocycles. The van der Waals surface area contributed by atoms with Crippen LogP contribution >= 0.6 is 0 Å². The average Bonchev–Trinajstić information content (AvgIpc) is 2.61. The number of rotatable bonds is 0. The maximum absolute atomic E-state index is 2.49. The summed E-state index contributed by atoms with van der Waals surface area (Å²) in [6.07, 6.45) is 0. The van der Waals surface area contributed by atoms with E-state index >= 15 is 0 Å². The van der Waals surface area contributed by atoms with Crippen molar-refractivity contribution >= 4 is 0 Å². The van der Waals surface area contributed by atoms with Crippen molar-refractivity contribution in [3.63, 3.8) is 0 Å². The zero-order chi connectivity index (χ0) is 13.0. The fourth-order valence-corrected chi connectivity index (χ4v) is 8.12. The van der Waals surface area contributed by atoms with Crippen LogP contribution in [0.1, 0.15) is 69.2 Å². The van der Waals surface area contributed by atoms with Gasteiger partial charge in [-0.3, -0.25) is 0 Å². The Balaban J connectivity index is 2.61. The van der Waals surface area contributed by atoms with Crippen LogP contribution in [0.3, 0.4) is 0 Å². The van der Waals surface area contributed by atoms with E-state index in [1.54, 1.807) is 0 Å². The van der Waals surface area contributed by atoms with Gasteiger partial charge < -0.3 is 0 Å². The largest absolute Gasteiger partial charge is 0.0596 e. The SMILES string of the molecule is CC(C)(C)C12C(C)(C)C1(C(C)(C)C)C2(C)C. The lowest BCUT2D eigenvalue weighted by molar-refractivity contribution is 0.0446. The topological polar surface area (TPSA) is 0 Å². The molecule has 94 valence electrons. The van der Waals surface area contributed by atoms with E-state index in [-0.39, 0.29) is 0 Å². The van der Waals surface area contributed by atoms with Gasteiger partial charge in [-0.05, 0) is 32.5 Å². The van der Waals surface area contributed by atoms with Gasteiger partial charge in [0.1, 0.15) is 0 Å². The molecule has 0 radical (unpaired) electrons. The van der Waals surface area contributed by atoms with E-state index in [1.807, 2.05) is 0 Å². The second-order valence-corrected chi connectivity index (χ2v) is 9.25. The van der Waals surface area contributed by atoms with Crippen LogP contribution in [-0.4, -0.2) is 0 Å². The number of hydrogen-bond acceptors (Lipinski definition) is 0. The molecule has 0 nitrogen and oxygen atoms in total. The van der Waals surface area contributed by atoms with Gasteiger partial charge >= 0.3 is 0 Å². The molecule has 0 bridgehead atoms. The molecule has 0 saturated heterocycles. The van der Waals surface area contributed by atoms with Gasteiger partial charge in [0.05, 0.1) is 0 Å². The normalized spacial score (nSPS) is 43.9. The fraction of sp³-hybridized carbons (Fsp3) is 1.00. The Labute approximate surface area is 102 Å². The standard InChI is InChI=1S/C16H30/c1-11(2,3)15-13(7,8)16(15,12(4,5)6)14(15,9)10/h1-10H3. The highest BCUT2D eigenvalue weighted by Crippen LogP contribution is 3.12. The van der Waals surface area contributed by atoms with Gasteiger partial charge in [0.2, 0.25) is 0 Å². The van der Waals surface area contributed by atoms with Crippen molar-refractivity contribution in [3.05, 3.63) is 0 Å². The lowest BCUT2D eigenvalue weighted by Crippen LogP contribution is -2.37. The van der Waals surface area contributed by atoms with Crippen LogP contribution in [0.4, 0.5) is 0 Å². The lowest BCUT2D eigenvalue weighted by atomic mass is 9.61. The molecule has 0 aliphatic heterocycles. The second-order valence-electron chi connectivity index (χ2n) is 9.25. The summed E-state index contributed by atoms with van der Waals surface area (Å²) in [6.45, 7) is 24.6. The highest BCUT2D eigenvalue weighted by molar-refractivity contribution is 5.55. The van der Waals surface area contributed by atoms with Crippen molar-refractivity contribution in [2.45, 2.75) is 69.2 Å². The average molecular weight is 222 g/mol. The minimum Gasteiger partial charge on any atom is -0.0596 e.